The lowest BCUT2D eigenvalue weighted by atomic mass is 10.0. The standard InChI is InChI=1S/C40H75NO5/c1-3-5-7-9-11-13-15-17-19-21-24-28-32-37(33-29-25-23-26-30-34-38(42)41-36-39(43)44)46-40(45)35-31-27-22-20-18-16-14-12-10-8-6-4-2/h12,14,37H,3-11,13,15-36H2,1-2H3,(H,41,42)(H,43,44)/b14-12-. The lowest BCUT2D eigenvalue weighted by Crippen LogP contribution is -2.28. The molecule has 0 aromatic heterocycles. The number of amides is 1. The van der Waals surface area contributed by atoms with Gasteiger partial charge in [-0.25, -0.2) is 0 Å². The van der Waals surface area contributed by atoms with Gasteiger partial charge < -0.3 is 15.2 Å². The summed E-state index contributed by atoms with van der Waals surface area (Å²) in [6, 6.07) is 0. The number of allylic oxidation sites excluding steroid dienone is 2. The van der Waals surface area contributed by atoms with Crippen LogP contribution in [0.2, 0.25) is 0 Å². The fourth-order valence-electron chi connectivity index (χ4n) is 5.98. The van der Waals surface area contributed by atoms with Crippen molar-refractivity contribution in [1.29, 1.82) is 0 Å². The third kappa shape index (κ3) is 35.0. The maximum Gasteiger partial charge on any atom is 0.322 e. The molecule has 270 valence electrons. The number of nitrogens with one attached hydrogen (secondary N) is 1. The normalized spacial score (nSPS) is 12.0. The maximum absolute atomic E-state index is 12.7. The van der Waals surface area contributed by atoms with E-state index in [0.29, 0.717) is 12.8 Å². The Morgan fingerprint density at radius 1 is 0.543 bits per heavy atom. The second kappa shape index (κ2) is 36.0. The molecular formula is C40H75NO5. The number of carboxylic acid groups (broad SMARTS) is 1. The van der Waals surface area contributed by atoms with Gasteiger partial charge in [0.15, 0.2) is 0 Å². The smallest absolute Gasteiger partial charge is 0.322 e. The molecule has 46 heavy (non-hydrogen) atoms. The Hall–Kier alpha value is -1.85. The fraction of sp³-hybridized carbons (Fsp3) is 0.875. The van der Waals surface area contributed by atoms with Gasteiger partial charge >= 0.3 is 11.9 Å². The van der Waals surface area contributed by atoms with Crippen molar-refractivity contribution in [3.63, 3.8) is 0 Å². The Morgan fingerprint density at radius 2 is 0.935 bits per heavy atom. The van der Waals surface area contributed by atoms with Gasteiger partial charge in [0.25, 0.3) is 0 Å². The van der Waals surface area contributed by atoms with Crippen molar-refractivity contribution >= 4 is 17.8 Å². The van der Waals surface area contributed by atoms with Crippen molar-refractivity contribution in [2.24, 2.45) is 0 Å². The molecule has 0 aliphatic heterocycles. The monoisotopic (exact) mass is 650 g/mol. The van der Waals surface area contributed by atoms with E-state index in [1.807, 2.05) is 0 Å². The van der Waals surface area contributed by atoms with Crippen LogP contribution in [0.5, 0.6) is 0 Å². The molecule has 6 nitrogen and oxygen atoms in total. The number of carbonyl (C=O) groups excluding carboxylic acids is 2. The topological polar surface area (TPSA) is 92.7 Å². The highest BCUT2D eigenvalue weighted by atomic mass is 16.5. The summed E-state index contributed by atoms with van der Waals surface area (Å²) in [4.78, 5) is 34.9. The van der Waals surface area contributed by atoms with E-state index in [1.54, 1.807) is 0 Å². The molecule has 0 aromatic carbocycles. The number of esters is 1. The van der Waals surface area contributed by atoms with Crippen LogP contribution >= 0.6 is 0 Å². The molecule has 1 unspecified atom stereocenters. The first-order valence-corrected chi connectivity index (χ1v) is 19.8. The van der Waals surface area contributed by atoms with Crippen molar-refractivity contribution in [3.05, 3.63) is 12.2 Å². The maximum atomic E-state index is 12.7. The number of ether oxygens (including phenoxy) is 1. The van der Waals surface area contributed by atoms with Crippen LogP contribution in [-0.2, 0) is 19.1 Å². The molecule has 0 aliphatic rings. The van der Waals surface area contributed by atoms with Gasteiger partial charge in [-0.15, -0.1) is 0 Å². The zero-order valence-electron chi connectivity index (χ0n) is 30.4. The first-order valence-electron chi connectivity index (χ1n) is 19.8. The number of unbranched alkanes of at least 4 members (excludes halogenated alkanes) is 23. The third-order valence-corrected chi connectivity index (χ3v) is 8.94. The summed E-state index contributed by atoms with van der Waals surface area (Å²) in [5.74, 6) is -1.23. The molecule has 0 saturated heterocycles. The van der Waals surface area contributed by atoms with Crippen LogP contribution in [0, 0.1) is 0 Å². The third-order valence-electron chi connectivity index (χ3n) is 8.94. The van der Waals surface area contributed by atoms with E-state index in [2.05, 4.69) is 31.3 Å². The lowest BCUT2D eigenvalue weighted by molar-refractivity contribution is -0.150. The Kier molecular flexibility index (Phi) is 34.5. The number of hydrogen-bond donors (Lipinski definition) is 2. The van der Waals surface area contributed by atoms with Crippen molar-refractivity contribution in [3.8, 4) is 0 Å². The van der Waals surface area contributed by atoms with Crippen LogP contribution in [0.4, 0.5) is 0 Å². The van der Waals surface area contributed by atoms with Gasteiger partial charge in [0.05, 0.1) is 0 Å². The molecule has 6 heteroatoms. The average Bonchev–Trinajstić information content (AvgIpc) is 3.04. The SMILES string of the molecule is CCCCC/C=C\CCCCCCCC(=O)OC(CCCCCCCCCCCCCC)CCCCCCCC(=O)NCC(=O)O. The Balaban J connectivity index is 4.17. The minimum absolute atomic E-state index is 0.0219. The number of carbonyl (C=O) groups is 3. The Labute approximate surface area is 284 Å². The molecule has 0 aromatic rings. The predicted octanol–water partition coefficient (Wildman–Crippen LogP) is 11.8. The van der Waals surface area contributed by atoms with E-state index >= 15 is 0 Å². The van der Waals surface area contributed by atoms with E-state index in [9.17, 15) is 14.4 Å². The second-order valence-electron chi connectivity index (χ2n) is 13.5. The van der Waals surface area contributed by atoms with Gasteiger partial charge in [0, 0.05) is 12.8 Å². The van der Waals surface area contributed by atoms with E-state index in [0.717, 1.165) is 64.2 Å². The summed E-state index contributed by atoms with van der Waals surface area (Å²) in [6.45, 7) is 4.21. The van der Waals surface area contributed by atoms with Gasteiger partial charge in [-0.05, 0) is 64.2 Å². The van der Waals surface area contributed by atoms with E-state index < -0.39 is 5.97 Å². The first kappa shape index (κ1) is 44.1. The minimum Gasteiger partial charge on any atom is -0.480 e. The minimum atomic E-state index is -1.01. The fourth-order valence-corrected chi connectivity index (χ4v) is 5.98. The van der Waals surface area contributed by atoms with Crippen molar-refractivity contribution in [2.45, 2.75) is 219 Å². The highest BCUT2D eigenvalue weighted by Crippen LogP contribution is 2.19. The van der Waals surface area contributed by atoms with Crippen LogP contribution in [0.1, 0.15) is 213 Å². The second-order valence-corrected chi connectivity index (χ2v) is 13.5. The molecule has 0 bridgehead atoms. The molecule has 0 fully saturated rings. The molecule has 0 heterocycles. The number of rotatable bonds is 36. The number of hydrogen-bond acceptors (Lipinski definition) is 4. The highest BCUT2D eigenvalue weighted by molar-refractivity contribution is 5.80. The Bertz CT molecular complexity index is 722. The molecule has 0 rings (SSSR count). The summed E-state index contributed by atoms with van der Waals surface area (Å²) in [5.41, 5.74) is 0. The van der Waals surface area contributed by atoms with Crippen LogP contribution < -0.4 is 5.32 Å². The molecule has 1 atom stereocenters. The number of aliphatic carboxylic acids is 1. The predicted molar refractivity (Wildman–Crippen MR) is 194 cm³/mol. The van der Waals surface area contributed by atoms with Crippen molar-refractivity contribution in [1.82, 2.24) is 5.32 Å². The molecule has 2 N–H and O–H groups in total. The molecule has 0 radical (unpaired) electrons. The van der Waals surface area contributed by atoms with Gasteiger partial charge in [-0.2, -0.15) is 0 Å². The quantitative estimate of drug-likeness (QED) is 0.0400. The lowest BCUT2D eigenvalue weighted by Gasteiger charge is -2.18. The summed E-state index contributed by atoms with van der Waals surface area (Å²) in [7, 11) is 0. The summed E-state index contributed by atoms with van der Waals surface area (Å²) in [5, 5.41) is 11.1. The van der Waals surface area contributed by atoms with Gasteiger partial charge in [0.1, 0.15) is 12.6 Å². The summed E-state index contributed by atoms with van der Waals surface area (Å²) >= 11 is 0. The van der Waals surface area contributed by atoms with Crippen molar-refractivity contribution < 1.29 is 24.2 Å². The van der Waals surface area contributed by atoms with Crippen LogP contribution in [0.15, 0.2) is 12.2 Å². The van der Waals surface area contributed by atoms with Crippen LogP contribution in [0.3, 0.4) is 0 Å². The summed E-state index contributed by atoms with van der Waals surface area (Å²) < 4.78 is 6.01. The highest BCUT2D eigenvalue weighted by Gasteiger charge is 2.14. The largest absolute Gasteiger partial charge is 0.480 e. The zero-order valence-corrected chi connectivity index (χ0v) is 30.4. The van der Waals surface area contributed by atoms with Crippen LogP contribution in [-0.4, -0.2) is 35.6 Å². The van der Waals surface area contributed by atoms with Gasteiger partial charge in [-0.3, -0.25) is 14.4 Å². The van der Waals surface area contributed by atoms with E-state index in [1.165, 1.54) is 122 Å². The zero-order chi connectivity index (χ0) is 33.8. The number of carboxylic acids is 1. The van der Waals surface area contributed by atoms with Gasteiger partial charge in [-0.1, -0.05) is 148 Å². The molecule has 0 aliphatic carbocycles. The Morgan fingerprint density at radius 3 is 1.43 bits per heavy atom. The molecule has 0 saturated carbocycles. The van der Waals surface area contributed by atoms with Gasteiger partial charge in [0.2, 0.25) is 5.91 Å². The molecular weight excluding hydrogens is 574 g/mol. The van der Waals surface area contributed by atoms with Crippen LogP contribution in [0.25, 0.3) is 0 Å². The summed E-state index contributed by atoms with van der Waals surface area (Å²) in [6.07, 6.45) is 40.4. The molecule has 0 spiro atoms. The molecule has 1 amide bonds. The average molecular weight is 650 g/mol. The van der Waals surface area contributed by atoms with Crippen molar-refractivity contribution in [2.75, 3.05) is 6.54 Å². The first-order chi connectivity index (χ1) is 22.5. The van der Waals surface area contributed by atoms with E-state index in [-0.39, 0.29) is 24.5 Å². The van der Waals surface area contributed by atoms with E-state index in [4.69, 9.17) is 9.84 Å².